The molecule has 0 bridgehead atoms. The Balaban J connectivity index is 1.87. The number of thioether (sulfide) groups is 1. The molecular formula is C15H14O4S. The van der Waals surface area contributed by atoms with Gasteiger partial charge in [0.05, 0.1) is 18.9 Å². The lowest BCUT2D eigenvalue weighted by Gasteiger charge is -2.24. The first-order valence-electron chi connectivity index (χ1n) is 6.43. The Labute approximate surface area is 121 Å². The van der Waals surface area contributed by atoms with E-state index in [0.717, 1.165) is 15.6 Å². The highest BCUT2D eigenvalue weighted by molar-refractivity contribution is 8.03. The largest absolute Gasteiger partial charge is 0.500 e. The molecule has 0 unspecified atom stereocenters. The van der Waals surface area contributed by atoms with E-state index in [4.69, 9.17) is 9.47 Å². The highest BCUT2D eigenvalue weighted by Crippen LogP contribution is 2.45. The van der Waals surface area contributed by atoms with Gasteiger partial charge in [-0.2, -0.15) is 0 Å². The van der Waals surface area contributed by atoms with Gasteiger partial charge in [-0.25, -0.2) is 0 Å². The predicted molar refractivity (Wildman–Crippen MR) is 73.6 cm³/mol. The SMILES string of the molecule is COC1=C(Sc2ccccc2)C[C@@H]2C(=O)OC(=O)[C@@H]2C1. The Morgan fingerprint density at radius 3 is 2.40 bits per heavy atom. The first-order chi connectivity index (χ1) is 9.69. The van der Waals surface area contributed by atoms with E-state index >= 15 is 0 Å². The molecule has 1 aliphatic heterocycles. The van der Waals surface area contributed by atoms with Gasteiger partial charge < -0.3 is 9.47 Å². The lowest BCUT2D eigenvalue weighted by molar-refractivity contribution is -0.153. The second kappa shape index (κ2) is 5.32. The molecule has 0 N–H and O–H groups in total. The van der Waals surface area contributed by atoms with E-state index in [2.05, 4.69) is 0 Å². The van der Waals surface area contributed by atoms with E-state index in [-0.39, 0.29) is 11.8 Å². The van der Waals surface area contributed by atoms with Gasteiger partial charge in [-0.1, -0.05) is 30.0 Å². The van der Waals surface area contributed by atoms with Crippen LogP contribution in [0.5, 0.6) is 0 Å². The monoisotopic (exact) mass is 290 g/mol. The number of cyclic esters (lactones) is 2. The molecule has 1 aromatic rings. The summed E-state index contributed by atoms with van der Waals surface area (Å²) in [4.78, 5) is 25.4. The number of hydrogen-bond donors (Lipinski definition) is 0. The molecule has 1 aromatic carbocycles. The molecule has 1 saturated heterocycles. The van der Waals surface area contributed by atoms with Crippen LogP contribution >= 0.6 is 11.8 Å². The van der Waals surface area contributed by atoms with E-state index in [1.54, 1.807) is 18.9 Å². The number of esters is 2. The average Bonchev–Trinajstić information content (AvgIpc) is 2.74. The third-order valence-electron chi connectivity index (χ3n) is 3.64. The van der Waals surface area contributed by atoms with Crippen molar-refractivity contribution in [2.75, 3.05) is 7.11 Å². The van der Waals surface area contributed by atoms with Crippen LogP contribution < -0.4 is 0 Å². The van der Waals surface area contributed by atoms with Crippen LogP contribution in [-0.2, 0) is 19.1 Å². The Morgan fingerprint density at radius 1 is 1.10 bits per heavy atom. The van der Waals surface area contributed by atoms with Crippen LogP contribution in [0, 0.1) is 11.8 Å². The number of fused-ring (bicyclic) bond motifs is 1. The maximum Gasteiger partial charge on any atom is 0.317 e. The van der Waals surface area contributed by atoms with Gasteiger partial charge >= 0.3 is 11.9 Å². The van der Waals surface area contributed by atoms with Crippen molar-refractivity contribution in [3.8, 4) is 0 Å². The number of carbonyl (C=O) groups is 2. The van der Waals surface area contributed by atoms with Crippen LogP contribution in [0.3, 0.4) is 0 Å². The fourth-order valence-electron chi connectivity index (χ4n) is 2.58. The molecule has 2 aliphatic rings. The maximum atomic E-state index is 11.7. The summed E-state index contributed by atoms with van der Waals surface area (Å²) in [6, 6.07) is 9.91. The van der Waals surface area contributed by atoms with E-state index in [0.29, 0.717) is 12.8 Å². The Kier molecular flexibility index (Phi) is 3.53. The maximum absolute atomic E-state index is 11.7. The van der Waals surface area contributed by atoms with Crippen LogP contribution in [0.25, 0.3) is 0 Å². The molecule has 1 heterocycles. The average molecular weight is 290 g/mol. The predicted octanol–water partition coefficient (Wildman–Crippen LogP) is 2.75. The first kappa shape index (κ1) is 13.2. The summed E-state index contributed by atoms with van der Waals surface area (Å²) >= 11 is 1.58. The molecule has 20 heavy (non-hydrogen) atoms. The van der Waals surface area contributed by atoms with Crippen LogP contribution in [-0.4, -0.2) is 19.0 Å². The lowest BCUT2D eigenvalue weighted by atomic mass is 9.84. The molecule has 3 rings (SSSR count). The molecule has 0 aromatic heterocycles. The number of allylic oxidation sites excluding steroid dienone is 2. The molecule has 1 aliphatic carbocycles. The van der Waals surface area contributed by atoms with E-state index in [1.165, 1.54) is 0 Å². The fourth-order valence-corrected chi connectivity index (χ4v) is 3.71. The third kappa shape index (κ3) is 2.33. The van der Waals surface area contributed by atoms with Gasteiger partial charge in [0, 0.05) is 16.2 Å². The molecule has 104 valence electrons. The Hall–Kier alpha value is -1.75. The molecular weight excluding hydrogens is 276 g/mol. The van der Waals surface area contributed by atoms with Crippen LogP contribution in [0.4, 0.5) is 0 Å². The number of rotatable bonds is 3. The number of ether oxygens (including phenoxy) is 2. The highest BCUT2D eigenvalue weighted by atomic mass is 32.2. The number of hydrogen-bond acceptors (Lipinski definition) is 5. The number of methoxy groups -OCH3 is 1. The Morgan fingerprint density at radius 2 is 1.75 bits per heavy atom. The topological polar surface area (TPSA) is 52.6 Å². The minimum atomic E-state index is -0.418. The van der Waals surface area contributed by atoms with Gasteiger partial charge in [-0.05, 0) is 18.6 Å². The van der Waals surface area contributed by atoms with Crippen molar-refractivity contribution in [3.05, 3.63) is 41.0 Å². The zero-order chi connectivity index (χ0) is 14.1. The quantitative estimate of drug-likeness (QED) is 0.633. The molecule has 5 heteroatoms. The minimum Gasteiger partial charge on any atom is -0.500 e. The molecule has 0 radical (unpaired) electrons. The summed E-state index contributed by atoms with van der Waals surface area (Å²) in [7, 11) is 1.60. The van der Waals surface area contributed by atoms with Gasteiger partial charge in [0.2, 0.25) is 0 Å². The zero-order valence-corrected chi connectivity index (χ0v) is 11.8. The molecule has 4 nitrogen and oxygen atoms in total. The van der Waals surface area contributed by atoms with Crippen LogP contribution in [0.2, 0.25) is 0 Å². The highest BCUT2D eigenvalue weighted by Gasteiger charge is 2.48. The lowest BCUT2D eigenvalue weighted by Crippen LogP contribution is -2.24. The van der Waals surface area contributed by atoms with Crippen molar-refractivity contribution in [1.29, 1.82) is 0 Å². The zero-order valence-electron chi connectivity index (χ0n) is 11.0. The van der Waals surface area contributed by atoms with Gasteiger partial charge in [0.15, 0.2) is 0 Å². The minimum absolute atomic E-state index is 0.354. The van der Waals surface area contributed by atoms with Crippen molar-refractivity contribution in [2.45, 2.75) is 17.7 Å². The Bertz CT molecular complexity index is 579. The first-order valence-corrected chi connectivity index (χ1v) is 7.25. The third-order valence-corrected chi connectivity index (χ3v) is 4.79. The van der Waals surface area contributed by atoms with Gasteiger partial charge in [0.25, 0.3) is 0 Å². The summed E-state index contributed by atoms with van der Waals surface area (Å²) in [6.07, 6.45) is 0.957. The van der Waals surface area contributed by atoms with Crippen LogP contribution in [0.1, 0.15) is 12.8 Å². The summed E-state index contributed by atoms with van der Waals surface area (Å²) in [5, 5.41) is 0. The number of carbonyl (C=O) groups excluding carboxylic acids is 2. The normalized spacial score (nSPS) is 25.4. The van der Waals surface area contributed by atoms with Crippen molar-refractivity contribution in [3.63, 3.8) is 0 Å². The van der Waals surface area contributed by atoms with Crippen molar-refractivity contribution in [1.82, 2.24) is 0 Å². The number of benzene rings is 1. The molecule has 0 spiro atoms. The van der Waals surface area contributed by atoms with E-state index in [9.17, 15) is 9.59 Å². The molecule has 0 saturated carbocycles. The summed E-state index contributed by atoms with van der Waals surface area (Å²) in [5.74, 6) is -0.767. The molecule has 0 amide bonds. The standard InChI is InChI=1S/C15H14O4S/c1-18-12-7-10-11(15(17)19-14(10)16)8-13(12)20-9-5-3-2-4-6-9/h2-6,10-11H,7-8H2,1H3/t10-,11+/m1/s1. The van der Waals surface area contributed by atoms with Gasteiger partial charge in [-0.3, -0.25) is 9.59 Å². The second-order valence-corrected chi connectivity index (χ2v) is 6.00. The van der Waals surface area contributed by atoms with E-state index in [1.807, 2.05) is 30.3 Å². The second-order valence-electron chi connectivity index (χ2n) is 4.83. The van der Waals surface area contributed by atoms with Crippen molar-refractivity contribution in [2.24, 2.45) is 11.8 Å². The fraction of sp³-hybridized carbons (Fsp3) is 0.333. The van der Waals surface area contributed by atoms with Gasteiger partial charge in [0.1, 0.15) is 5.76 Å². The van der Waals surface area contributed by atoms with Crippen LogP contribution in [0.15, 0.2) is 45.9 Å². The van der Waals surface area contributed by atoms with E-state index < -0.39 is 11.9 Å². The van der Waals surface area contributed by atoms with Gasteiger partial charge in [-0.15, -0.1) is 0 Å². The summed E-state index contributed by atoms with van der Waals surface area (Å²) in [6.45, 7) is 0. The summed E-state index contributed by atoms with van der Waals surface area (Å²) < 4.78 is 10.1. The van der Waals surface area contributed by atoms with Crippen molar-refractivity contribution >= 4 is 23.7 Å². The molecule has 1 fully saturated rings. The molecule has 2 atom stereocenters. The van der Waals surface area contributed by atoms with Crippen molar-refractivity contribution < 1.29 is 19.1 Å². The smallest absolute Gasteiger partial charge is 0.317 e. The summed E-state index contributed by atoms with van der Waals surface area (Å²) in [5.41, 5.74) is 0.